The summed E-state index contributed by atoms with van der Waals surface area (Å²) in [5.41, 5.74) is 1.13. The lowest BCUT2D eigenvalue weighted by Gasteiger charge is -2.09. The molecule has 4 nitrogen and oxygen atoms in total. The lowest BCUT2D eigenvalue weighted by atomic mass is 10.2. The molecule has 0 amide bonds. The number of aromatic carboxylic acids is 1. The first kappa shape index (κ1) is 15.8. The second kappa shape index (κ2) is 6.91. The number of benzene rings is 1. The molecule has 2 rings (SSSR count). The van der Waals surface area contributed by atoms with Crippen LogP contribution in [0.15, 0.2) is 35.4 Å². The van der Waals surface area contributed by atoms with E-state index >= 15 is 0 Å². The fraction of sp³-hybridized carbons (Fsp3) is 0.267. The van der Waals surface area contributed by atoms with Crippen LogP contribution in [0.5, 0.6) is 0 Å². The first-order valence-electron chi connectivity index (χ1n) is 6.45. The summed E-state index contributed by atoms with van der Waals surface area (Å²) < 4.78 is 0. The Hall–Kier alpha value is -1.59. The van der Waals surface area contributed by atoms with Crippen LogP contribution in [0.25, 0.3) is 0 Å². The molecule has 2 aromatic rings. The maximum Gasteiger partial charge on any atom is 0.355 e. The average Bonchev–Trinajstić information content (AvgIpc) is 2.46. The zero-order valence-corrected chi connectivity index (χ0v) is 13.3. The van der Waals surface area contributed by atoms with Crippen molar-refractivity contribution in [1.82, 2.24) is 9.97 Å². The number of thioether (sulfide) groups is 1. The molecule has 0 aliphatic rings. The normalized spacial score (nSPS) is 10.9. The molecule has 0 atom stereocenters. The Labute approximate surface area is 132 Å². The van der Waals surface area contributed by atoms with E-state index in [-0.39, 0.29) is 11.6 Å². The maximum atomic E-state index is 11.3. The summed E-state index contributed by atoms with van der Waals surface area (Å²) in [6, 6.07) is 7.46. The summed E-state index contributed by atoms with van der Waals surface area (Å²) in [5, 5.41) is 9.96. The number of carboxylic acid groups (broad SMARTS) is 1. The van der Waals surface area contributed by atoms with E-state index in [1.54, 1.807) is 6.20 Å². The molecule has 6 heteroatoms. The smallest absolute Gasteiger partial charge is 0.355 e. The third-order valence-corrected chi connectivity index (χ3v) is 4.14. The van der Waals surface area contributed by atoms with Crippen molar-refractivity contribution in [2.45, 2.75) is 30.4 Å². The van der Waals surface area contributed by atoms with Gasteiger partial charge in [0.2, 0.25) is 0 Å². The monoisotopic (exact) mass is 322 g/mol. The molecular formula is C15H15ClN2O2S. The van der Waals surface area contributed by atoms with Crippen LogP contribution in [0.4, 0.5) is 0 Å². The second-order valence-electron chi connectivity index (χ2n) is 4.82. The fourth-order valence-electron chi connectivity index (χ4n) is 1.66. The number of hydrogen-bond acceptors (Lipinski definition) is 4. The van der Waals surface area contributed by atoms with E-state index in [1.165, 1.54) is 11.8 Å². The van der Waals surface area contributed by atoms with Gasteiger partial charge in [-0.2, -0.15) is 0 Å². The molecule has 0 saturated heterocycles. The Morgan fingerprint density at radius 2 is 2.00 bits per heavy atom. The van der Waals surface area contributed by atoms with Crippen LogP contribution in [0, 0.1) is 0 Å². The SMILES string of the molecule is CC(C)c1ncc(SCc2ccc(Cl)cc2)c(C(=O)O)n1. The van der Waals surface area contributed by atoms with Gasteiger partial charge >= 0.3 is 5.97 Å². The summed E-state index contributed by atoms with van der Waals surface area (Å²) in [6.45, 7) is 3.86. The largest absolute Gasteiger partial charge is 0.476 e. The van der Waals surface area contributed by atoms with Gasteiger partial charge < -0.3 is 5.11 Å². The lowest BCUT2D eigenvalue weighted by Crippen LogP contribution is -2.08. The van der Waals surface area contributed by atoms with E-state index < -0.39 is 5.97 Å². The standard InChI is InChI=1S/C15H15ClN2O2S/c1-9(2)14-17-7-12(13(18-14)15(19)20)21-8-10-3-5-11(16)6-4-10/h3-7,9H,8H2,1-2H3,(H,19,20). The zero-order valence-electron chi connectivity index (χ0n) is 11.7. The molecule has 0 spiro atoms. The van der Waals surface area contributed by atoms with E-state index in [4.69, 9.17) is 11.6 Å². The van der Waals surface area contributed by atoms with Crippen molar-refractivity contribution in [3.63, 3.8) is 0 Å². The number of nitrogens with zero attached hydrogens (tertiary/aromatic N) is 2. The summed E-state index contributed by atoms with van der Waals surface area (Å²) in [6.07, 6.45) is 1.59. The number of rotatable bonds is 5. The highest BCUT2D eigenvalue weighted by atomic mass is 35.5. The maximum absolute atomic E-state index is 11.3. The molecule has 1 aromatic carbocycles. The molecule has 0 bridgehead atoms. The molecule has 0 aliphatic carbocycles. The average molecular weight is 323 g/mol. The molecule has 0 saturated carbocycles. The molecule has 0 unspecified atom stereocenters. The summed E-state index contributed by atoms with van der Waals surface area (Å²) in [5.74, 6) is 0.251. The molecule has 1 N–H and O–H groups in total. The van der Waals surface area contributed by atoms with Crippen molar-refractivity contribution in [2.24, 2.45) is 0 Å². The van der Waals surface area contributed by atoms with Gasteiger partial charge in [-0.3, -0.25) is 0 Å². The topological polar surface area (TPSA) is 63.1 Å². The molecular weight excluding hydrogens is 308 g/mol. The Morgan fingerprint density at radius 1 is 1.33 bits per heavy atom. The molecule has 21 heavy (non-hydrogen) atoms. The van der Waals surface area contributed by atoms with Crippen molar-refractivity contribution in [3.8, 4) is 0 Å². The summed E-state index contributed by atoms with van der Waals surface area (Å²) in [4.78, 5) is 20.3. The molecule has 1 heterocycles. The number of halogens is 1. The first-order chi connectivity index (χ1) is 9.97. The lowest BCUT2D eigenvalue weighted by molar-refractivity contribution is 0.0685. The predicted octanol–water partition coefficient (Wildman–Crippen LogP) is 4.24. The highest BCUT2D eigenvalue weighted by Crippen LogP contribution is 2.26. The zero-order chi connectivity index (χ0) is 15.4. The van der Waals surface area contributed by atoms with Crippen molar-refractivity contribution in [1.29, 1.82) is 0 Å². The molecule has 0 radical (unpaired) electrons. The third kappa shape index (κ3) is 4.19. The van der Waals surface area contributed by atoms with Gasteiger partial charge in [0, 0.05) is 22.9 Å². The first-order valence-corrected chi connectivity index (χ1v) is 7.81. The van der Waals surface area contributed by atoms with Gasteiger partial charge in [-0.05, 0) is 17.7 Å². The Morgan fingerprint density at radius 3 is 2.57 bits per heavy atom. The quantitative estimate of drug-likeness (QED) is 0.834. The molecule has 0 aliphatic heterocycles. The second-order valence-corrected chi connectivity index (χ2v) is 6.27. The Kier molecular flexibility index (Phi) is 5.20. The Balaban J connectivity index is 2.19. The van der Waals surface area contributed by atoms with Crippen LogP contribution in [-0.4, -0.2) is 21.0 Å². The number of aromatic nitrogens is 2. The highest BCUT2D eigenvalue weighted by molar-refractivity contribution is 7.98. The van der Waals surface area contributed by atoms with E-state index in [2.05, 4.69) is 9.97 Å². The predicted molar refractivity (Wildman–Crippen MR) is 84.1 cm³/mol. The number of carbonyl (C=O) groups is 1. The van der Waals surface area contributed by atoms with Crippen LogP contribution in [0.3, 0.4) is 0 Å². The van der Waals surface area contributed by atoms with Crippen molar-refractivity contribution in [2.75, 3.05) is 0 Å². The van der Waals surface area contributed by atoms with Crippen molar-refractivity contribution in [3.05, 3.63) is 52.6 Å². The van der Waals surface area contributed by atoms with Gasteiger partial charge in [0.25, 0.3) is 0 Å². The number of carboxylic acids is 1. The van der Waals surface area contributed by atoms with Crippen LogP contribution in [0.2, 0.25) is 5.02 Å². The minimum absolute atomic E-state index is 0.0627. The van der Waals surface area contributed by atoms with Gasteiger partial charge in [0.15, 0.2) is 5.69 Å². The minimum atomic E-state index is -1.03. The Bertz CT molecular complexity index is 645. The summed E-state index contributed by atoms with van der Waals surface area (Å²) in [7, 11) is 0. The van der Waals surface area contributed by atoms with Gasteiger partial charge in [0.05, 0.1) is 4.90 Å². The van der Waals surface area contributed by atoms with Crippen LogP contribution >= 0.6 is 23.4 Å². The van der Waals surface area contributed by atoms with Crippen molar-refractivity contribution >= 4 is 29.3 Å². The summed E-state index contributed by atoms with van der Waals surface area (Å²) >= 11 is 7.24. The fourth-order valence-corrected chi connectivity index (χ4v) is 2.70. The van der Waals surface area contributed by atoms with E-state index in [0.29, 0.717) is 21.5 Å². The highest BCUT2D eigenvalue weighted by Gasteiger charge is 2.16. The van der Waals surface area contributed by atoms with Crippen molar-refractivity contribution < 1.29 is 9.90 Å². The van der Waals surface area contributed by atoms with E-state index in [0.717, 1.165) is 5.56 Å². The van der Waals surface area contributed by atoms with Crippen LogP contribution in [0.1, 0.15) is 41.6 Å². The minimum Gasteiger partial charge on any atom is -0.476 e. The van der Waals surface area contributed by atoms with E-state index in [1.807, 2.05) is 38.1 Å². The van der Waals surface area contributed by atoms with Gasteiger partial charge in [0.1, 0.15) is 5.82 Å². The van der Waals surface area contributed by atoms with E-state index in [9.17, 15) is 9.90 Å². The molecule has 1 aromatic heterocycles. The number of hydrogen-bond donors (Lipinski definition) is 1. The molecule has 110 valence electrons. The molecule has 0 fully saturated rings. The van der Waals surface area contributed by atoms with Gasteiger partial charge in [-0.1, -0.05) is 37.6 Å². The van der Waals surface area contributed by atoms with Gasteiger partial charge in [-0.15, -0.1) is 11.8 Å². The van der Waals surface area contributed by atoms with Crippen LogP contribution in [-0.2, 0) is 5.75 Å². The van der Waals surface area contributed by atoms with Gasteiger partial charge in [-0.25, -0.2) is 14.8 Å². The van der Waals surface area contributed by atoms with Crippen LogP contribution < -0.4 is 0 Å². The third-order valence-electron chi connectivity index (χ3n) is 2.80.